The molecule has 0 aromatic heterocycles. The molecule has 5 nitrogen and oxygen atoms in total. The summed E-state index contributed by atoms with van der Waals surface area (Å²) in [5.74, 6) is 0.0932. The number of rotatable bonds is 6. The van der Waals surface area contributed by atoms with Crippen molar-refractivity contribution in [2.45, 2.75) is 77.4 Å². The zero-order valence-electron chi connectivity index (χ0n) is 16.0. The number of aliphatic carboxylic acids is 1. The van der Waals surface area contributed by atoms with Crippen LogP contribution in [0, 0.1) is 17.8 Å². The zero-order chi connectivity index (χ0) is 19.1. The molecule has 0 fully saturated rings. The van der Waals surface area contributed by atoms with E-state index in [1.165, 1.54) is 5.57 Å². The van der Waals surface area contributed by atoms with Crippen molar-refractivity contribution < 1.29 is 24.5 Å². The summed E-state index contributed by atoms with van der Waals surface area (Å²) in [7, 11) is 0. The number of carbonyl (C=O) groups excluding carboxylic acids is 1. The summed E-state index contributed by atoms with van der Waals surface area (Å²) in [4.78, 5) is 23.3. The lowest BCUT2D eigenvalue weighted by Crippen LogP contribution is -2.44. The molecule has 0 amide bonds. The van der Waals surface area contributed by atoms with Crippen molar-refractivity contribution in [1.82, 2.24) is 0 Å². The zero-order valence-corrected chi connectivity index (χ0v) is 16.0. The van der Waals surface area contributed by atoms with Crippen LogP contribution in [0.25, 0.3) is 0 Å². The van der Waals surface area contributed by atoms with E-state index >= 15 is 0 Å². The predicted molar refractivity (Wildman–Crippen MR) is 97.4 cm³/mol. The first-order valence-corrected chi connectivity index (χ1v) is 9.79. The van der Waals surface area contributed by atoms with Gasteiger partial charge in [-0.15, -0.1) is 0 Å². The van der Waals surface area contributed by atoms with Crippen molar-refractivity contribution in [1.29, 1.82) is 0 Å². The molecule has 0 saturated heterocycles. The van der Waals surface area contributed by atoms with Crippen LogP contribution in [0.15, 0.2) is 23.0 Å². The van der Waals surface area contributed by atoms with Crippen molar-refractivity contribution in [3.8, 4) is 0 Å². The number of ketones is 1. The lowest BCUT2D eigenvalue weighted by atomic mass is 9.73. The van der Waals surface area contributed by atoms with E-state index in [0.717, 1.165) is 19.3 Å². The SMILES string of the molecule is CC(CCCC(C)C1=CC[C@@]2(C)OC3=C(C[C@@H]12)C(=O)CC[C@@H]3O)C(=O)O. The molecule has 0 saturated carbocycles. The molecule has 0 bridgehead atoms. The van der Waals surface area contributed by atoms with E-state index in [4.69, 9.17) is 9.84 Å². The first kappa shape index (κ1) is 19.2. The second-order valence-electron chi connectivity index (χ2n) is 8.47. The maximum absolute atomic E-state index is 12.3. The minimum atomic E-state index is -0.736. The van der Waals surface area contributed by atoms with Gasteiger partial charge in [0.05, 0.1) is 5.92 Å². The van der Waals surface area contributed by atoms with Gasteiger partial charge in [0.15, 0.2) is 5.78 Å². The van der Waals surface area contributed by atoms with Gasteiger partial charge in [-0.25, -0.2) is 0 Å². The Kier molecular flexibility index (Phi) is 5.29. The van der Waals surface area contributed by atoms with Gasteiger partial charge in [0, 0.05) is 24.3 Å². The van der Waals surface area contributed by atoms with Crippen LogP contribution < -0.4 is 0 Å². The fourth-order valence-electron chi connectivity index (χ4n) is 4.66. The number of carboxylic acids is 1. The molecule has 0 spiro atoms. The molecular formula is C21H30O5. The molecule has 0 aromatic rings. The second kappa shape index (κ2) is 7.18. The van der Waals surface area contributed by atoms with E-state index in [-0.39, 0.29) is 23.2 Å². The average molecular weight is 362 g/mol. The molecule has 5 atom stereocenters. The molecule has 3 aliphatic rings. The molecule has 2 unspecified atom stereocenters. The summed E-state index contributed by atoms with van der Waals surface area (Å²) in [6.07, 6.45) is 6.39. The van der Waals surface area contributed by atoms with Crippen molar-refractivity contribution in [2.24, 2.45) is 17.8 Å². The summed E-state index contributed by atoms with van der Waals surface area (Å²) in [5, 5.41) is 19.3. The van der Waals surface area contributed by atoms with Crippen molar-refractivity contribution >= 4 is 11.8 Å². The lowest BCUT2D eigenvalue weighted by molar-refractivity contribution is -0.141. The highest BCUT2D eigenvalue weighted by Crippen LogP contribution is 2.51. The van der Waals surface area contributed by atoms with E-state index in [1.807, 2.05) is 0 Å². The van der Waals surface area contributed by atoms with Crippen LogP contribution in [0.1, 0.15) is 65.7 Å². The molecule has 5 heteroatoms. The predicted octanol–water partition coefficient (Wildman–Crippen LogP) is 3.62. The fraction of sp³-hybridized carbons (Fsp3) is 0.714. The average Bonchev–Trinajstić information content (AvgIpc) is 2.93. The summed E-state index contributed by atoms with van der Waals surface area (Å²) < 4.78 is 6.22. The summed E-state index contributed by atoms with van der Waals surface area (Å²) in [6, 6.07) is 0. The third-order valence-corrected chi connectivity index (χ3v) is 6.48. The lowest BCUT2D eigenvalue weighted by Gasteiger charge is -2.43. The van der Waals surface area contributed by atoms with Crippen molar-refractivity contribution in [3.63, 3.8) is 0 Å². The van der Waals surface area contributed by atoms with E-state index in [9.17, 15) is 14.7 Å². The van der Waals surface area contributed by atoms with Gasteiger partial charge in [-0.3, -0.25) is 9.59 Å². The van der Waals surface area contributed by atoms with Gasteiger partial charge >= 0.3 is 5.97 Å². The molecule has 1 heterocycles. The minimum Gasteiger partial charge on any atom is -0.488 e. The Morgan fingerprint density at radius 3 is 2.81 bits per heavy atom. The smallest absolute Gasteiger partial charge is 0.306 e. The normalized spacial score (nSPS) is 33.1. The number of aliphatic hydroxyl groups is 1. The molecule has 2 N–H and O–H groups in total. The third-order valence-electron chi connectivity index (χ3n) is 6.48. The van der Waals surface area contributed by atoms with Crippen LogP contribution in [0.3, 0.4) is 0 Å². The first-order valence-electron chi connectivity index (χ1n) is 9.79. The monoisotopic (exact) mass is 362 g/mol. The van der Waals surface area contributed by atoms with Crippen LogP contribution in [-0.4, -0.2) is 33.7 Å². The number of fused-ring (bicyclic) bond motifs is 1. The van der Waals surface area contributed by atoms with Crippen LogP contribution in [0.2, 0.25) is 0 Å². The molecule has 2 aliphatic carbocycles. The molecule has 1 aliphatic heterocycles. The quantitative estimate of drug-likeness (QED) is 0.705. The van der Waals surface area contributed by atoms with Gasteiger partial charge < -0.3 is 14.9 Å². The number of carboxylic acid groups (broad SMARTS) is 1. The van der Waals surface area contributed by atoms with Gasteiger partial charge in [0.1, 0.15) is 17.5 Å². The van der Waals surface area contributed by atoms with Crippen LogP contribution in [-0.2, 0) is 14.3 Å². The maximum atomic E-state index is 12.3. The third kappa shape index (κ3) is 3.46. The standard InChI is InChI=1S/C21H30O5/c1-12(5-4-6-13(2)20(24)25)14-9-10-21(3)16(14)11-15-17(22)7-8-18(23)19(15)26-21/h9,12-13,16,18,23H,4-8,10-11H2,1-3H3,(H,24,25)/t12?,13?,16-,18-,21+/m0/s1. The maximum Gasteiger partial charge on any atom is 0.306 e. The Balaban J connectivity index is 1.68. The highest BCUT2D eigenvalue weighted by Gasteiger charge is 2.50. The first-order chi connectivity index (χ1) is 12.2. The number of hydrogen-bond donors (Lipinski definition) is 2. The second-order valence-corrected chi connectivity index (χ2v) is 8.47. The van der Waals surface area contributed by atoms with E-state index in [1.54, 1.807) is 6.92 Å². The molecule has 3 rings (SSSR count). The molecule has 26 heavy (non-hydrogen) atoms. The highest BCUT2D eigenvalue weighted by atomic mass is 16.5. The van der Waals surface area contributed by atoms with Crippen LogP contribution >= 0.6 is 0 Å². The molecular weight excluding hydrogens is 332 g/mol. The van der Waals surface area contributed by atoms with Crippen molar-refractivity contribution in [3.05, 3.63) is 23.0 Å². The molecule has 0 radical (unpaired) electrons. The Morgan fingerprint density at radius 2 is 2.12 bits per heavy atom. The Bertz CT molecular complexity index is 661. The molecule has 144 valence electrons. The number of Topliss-reactive ketones (excluding diaryl/α,β-unsaturated/α-hetero) is 1. The van der Waals surface area contributed by atoms with Crippen LogP contribution in [0.5, 0.6) is 0 Å². The molecule has 0 aromatic carbocycles. The van der Waals surface area contributed by atoms with Crippen molar-refractivity contribution in [2.75, 3.05) is 0 Å². The summed E-state index contributed by atoms with van der Waals surface area (Å²) in [6.45, 7) is 6.02. The number of carbonyl (C=O) groups is 2. The number of hydrogen-bond acceptors (Lipinski definition) is 4. The van der Waals surface area contributed by atoms with Crippen LogP contribution in [0.4, 0.5) is 0 Å². The van der Waals surface area contributed by atoms with Gasteiger partial charge in [-0.1, -0.05) is 31.9 Å². The summed E-state index contributed by atoms with van der Waals surface area (Å²) in [5.41, 5.74) is 1.63. The Labute approximate surface area is 155 Å². The fourth-order valence-corrected chi connectivity index (χ4v) is 4.66. The number of allylic oxidation sites excluding steroid dienone is 1. The van der Waals surface area contributed by atoms with E-state index in [0.29, 0.717) is 42.9 Å². The number of aliphatic hydroxyl groups excluding tert-OH is 1. The topological polar surface area (TPSA) is 83.8 Å². The van der Waals surface area contributed by atoms with E-state index in [2.05, 4.69) is 19.9 Å². The summed E-state index contributed by atoms with van der Waals surface area (Å²) >= 11 is 0. The van der Waals surface area contributed by atoms with E-state index < -0.39 is 12.1 Å². The highest BCUT2D eigenvalue weighted by molar-refractivity contribution is 5.97. The number of ether oxygens (including phenoxy) is 1. The Hall–Kier alpha value is -1.62. The Morgan fingerprint density at radius 1 is 1.38 bits per heavy atom. The van der Waals surface area contributed by atoms with Gasteiger partial charge in [0.2, 0.25) is 0 Å². The minimum absolute atomic E-state index is 0.113. The van der Waals surface area contributed by atoms with Gasteiger partial charge in [-0.05, 0) is 38.5 Å². The largest absolute Gasteiger partial charge is 0.488 e. The van der Waals surface area contributed by atoms with Gasteiger partial charge in [0.25, 0.3) is 0 Å². The van der Waals surface area contributed by atoms with Gasteiger partial charge in [-0.2, -0.15) is 0 Å².